The molecule has 0 aliphatic carbocycles. The van der Waals surface area contributed by atoms with E-state index in [0.29, 0.717) is 15.1 Å². The molecule has 1 heterocycles. The number of carbonyl (C=O) groups is 2. The molecule has 0 unspecified atom stereocenters. The Balaban J connectivity index is 1.90. The Bertz CT molecular complexity index is 919. The lowest BCUT2D eigenvalue weighted by Crippen LogP contribution is -2.27. The molecule has 1 aliphatic rings. The predicted molar refractivity (Wildman–Crippen MR) is 98.7 cm³/mol. The molecule has 1 aliphatic heterocycles. The molecular formula is C17H10BrClFNO3S. The fraction of sp³-hybridized carbons (Fsp3) is 0.0588. The maximum Gasteiger partial charge on any atom is 0.293 e. The van der Waals surface area contributed by atoms with Crippen molar-refractivity contribution < 1.29 is 19.1 Å². The van der Waals surface area contributed by atoms with Crippen LogP contribution in [0, 0.1) is 5.82 Å². The number of carbonyl (C=O) groups excluding carboxylic acids is 2. The summed E-state index contributed by atoms with van der Waals surface area (Å²) in [5, 5.41) is 9.92. The van der Waals surface area contributed by atoms with Crippen molar-refractivity contribution >= 4 is 56.5 Å². The van der Waals surface area contributed by atoms with Gasteiger partial charge in [-0.3, -0.25) is 14.5 Å². The summed E-state index contributed by atoms with van der Waals surface area (Å²) in [5.41, 5.74) is 0.551. The van der Waals surface area contributed by atoms with Gasteiger partial charge in [0.25, 0.3) is 11.1 Å². The first-order valence-electron chi connectivity index (χ1n) is 7.03. The first-order valence-corrected chi connectivity index (χ1v) is 9.02. The summed E-state index contributed by atoms with van der Waals surface area (Å²) in [5.74, 6) is -1.12. The Morgan fingerprint density at radius 2 is 2.00 bits per heavy atom. The predicted octanol–water partition coefficient (Wildman–Crippen LogP) is 5.18. The highest BCUT2D eigenvalue weighted by atomic mass is 79.9. The van der Waals surface area contributed by atoms with E-state index in [1.807, 2.05) is 0 Å². The van der Waals surface area contributed by atoms with E-state index in [-0.39, 0.29) is 22.8 Å². The molecule has 4 nitrogen and oxygen atoms in total. The van der Waals surface area contributed by atoms with Crippen LogP contribution < -0.4 is 0 Å². The Morgan fingerprint density at radius 3 is 2.72 bits per heavy atom. The molecule has 1 saturated heterocycles. The van der Waals surface area contributed by atoms with E-state index >= 15 is 0 Å². The fourth-order valence-corrected chi connectivity index (χ4v) is 3.93. The van der Waals surface area contributed by atoms with Crippen LogP contribution in [0.3, 0.4) is 0 Å². The Kier molecular flexibility index (Phi) is 5.17. The zero-order chi connectivity index (χ0) is 18.1. The second-order valence-corrected chi connectivity index (χ2v) is 7.47. The van der Waals surface area contributed by atoms with Gasteiger partial charge in [-0.05, 0) is 52.0 Å². The minimum Gasteiger partial charge on any atom is -0.506 e. The molecular weight excluding hydrogens is 433 g/mol. The third-order valence-electron chi connectivity index (χ3n) is 3.50. The van der Waals surface area contributed by atoms with Crippen LogP contribution in [0.4, 0.5) is 9.18 Å². The van der Waals surface area contributed by atoms with E-state index in [0.717, 1.165) is 16.7 Å². The largest absolute Gasteiger partial charge is 0.506 e. The topological polar surface area (TPSA) is 57.6 Å². The minimum atomic E-state index is -0.547. The van der Waals surface area contributed by atoms with Crippen molar-refractivity contribution in [1.82, 2.24) is 4.90 Å². The van der Waals surface area contributed by atoms with Gasteiger partial charge in [0.1, 0.15) is 11.6 Å². The summed E-state index contributed by atoms with van der Waals surface area (Å²) < 4.78 is 14.1. The molecule has 0 bridgehead atoms. The summed E-state index contributed by atoms with van der Waals surface area (Å²) in [4.78, 5) is 25.7. The summed E-state index contributed by atoms with van der Waals surface area (Å²) in [6.45, 7) is -0.153. The van der Waals surface area contributed by atoms with Gasteiger partial charge in [-0.1, -0.05) is 29.8 Å². The molecule has 1 fully saturated rings. The van der Waals surface area contributed by atoms with Gasteiger partial charge in [0.05, 0.1) is 15.9 Å². The maximum atomic E-state index is 13.8. The van der Waals surface area contributed by atoms with Crippen molar-refractivity contribution in [2.45, 2.75) is 6.54 Å². The van der Waals surface area contributed by atoms with Crippen molar-refractivity contribution in [1.29, 1.82) is 0 Å². The first-order chi connectivity index (χ1) is 11.9. The van der Waals surface area contributed by atoms with Gasteiger partial charge >= 0.3 is 0 Å². The van der Waals surface area contributed by atoms with Crippen LogP contribution in [0.25, 0.3) is 6.08 Å². The molecule has 0 aromatic heterocycles. The van der Waals surface area contributed by atoms with Gasteiger partial charge in [-0.25, -0.2) is 4.39 Å². The third-order valence-corrected chi connectivity index (χ3v) is 5.23. The number of phenolic OH excluding ortho intramolecular Hbond substituents is 1. The Morgan fingerprint density at radius 1 is 1.28 bits per heavy atom. The summed E-state index contributed by atoms with van der Waals surface area (Å²) in [6.07, 6.45) is 1.39. The highest BCUT2D eigenvalue weighted by Crippen LogP contribution is 2.38. The van der Waals surface area contributed by atoms with Crippen LogP contribution in [-0.4, -0.2) is 21.2 Å². The average Bonchev–Trinajstić information content (AvgIpc) is 2.81. The smallest absolute Gasteiger partial charge is 0.293 e. The zero-order valence-corrected chi connectivity index (χ0v) is 15.7. The second kappa shape index (κ2) is 7.19. The summed E-state index contributed by atoms with van der Waals surface area (Å²) in [6, 6.07) is 8.94. The number of aromatic hydroxyl groups is 1. The van der Waals surface area contributed by atoms with Crippen LogP contribution in [0.1, 0.15) is 11.1 Å². The number of thioether (sulfide) groups is 1. The van der Waals surface area contributed by atoms with E-state index in [1.165, 1.54) is 36.4 Å². The van der Waals surface area contributed by atoms with Crippen LogP contribution in [-0.2, 0) is 11.3 Å². The molecule has 3 rings (SSSR count). The lowest BCUT2D eigenvalue weighted by Gasteiger charge is -2.12. The quantitative estimate of drug-likeness (QED) is 0.665. The number of phenols is 1. The normalized spacial score (nSPS) is 16.1. The first kappa shape index (κ1) is 18.0. The fourth-order valence-electron chi connectivity index (χ4n) is 2.27. The number of benzene rings is 2. The van der Waals surface area contributed by atoms with Crippen molar-refractivity contribution in [3.05, 3.63) is 67.7 Å². The van der Waals surface area contributed by atoms with E-state index in [4.69, 9.17) is 11.6 Å². The highest BCUT2D eigenvalue weighted by Gasteiger charge is 2.35. The lowest BCUT2D eigenvalue weighted by atomic mass is 10.1. The molecule has 0 spiro atoms. The molecule has 2 amide bonds. The minimum absolute atomic E-state index is 0.0923. The van der Waals surface area contributed by atoms with Crippen molar-refractivity contribution in [3.63, 3.8) is 0 Å². The monoisotopic (exact) mass is 441 g/mol. The molecule has 25 heavy (non-hydrogen) atoms. The van der Waals surface area contributed by atoms with Gasteiger partial charge in [0.2, 0.25) is 0 Å². The number of amides is 2. The van der Waals surface area contributed by atoms with Crippen molar-refractivity contribution in [2.75, 3.05) is 0 Å². The summed E-state index contributed by atoms with van der Waals surface area (Å²) >= 11 is 9.84. The molecule has 2 aromatic rings. The molecule has 128 valence electrons. The molecule has 8 heteroatoms. The van der Waals surface area contributed by atoms with Crippen molar-refractivity contribution in [2.24, 2.45) is 0 Å². The van der Waals surface area contributed by atoms with E-state index < -0.39 is 17.0 Å². The van der Waals surface area contributed by atoms with Crippen LogP contribution in [0.5, 0.6) is 5.75 Å². The van der Waals surface area contributed by atoms with Crippen molar-refractivity contribution in [3.8, 4) is 5.75 Å². The van der Waals surface area contributed by atoms with E-state index in [2.05, 4.69) is 15.9 Å². The van der Waals surface area contributed by atoms with Gasteiger partial charge in [-0.2, -0.15) is 0 Å². The van der Waals surface area contributed by atoms with Crippen LogP contribution >= 0.6 is 39.3 Å². The standard InChI is InChI=1S/C17H10BrClFNO3S/c18-12-7-11(19)5-10(15(12)22)6-14-16(23)21(17(24)25-14)8-9-3-1-2-4-13(9)20/h1-7,22H,8H2/b14-6-. The molecule has 2 aromatic carbocycles. The highest BCUT2D eigenvalue weighted by molar-refractivity contribution is 9.10. The third kappa shape index (κ3) is 3.73. The van der Waals surface area contributed by atoms with Gasteiger partial charge in [-0.15, -0.1) is 0 Å². The summed E-state index contributed by atoms with van der Waals surface area (Å²) in [7, 11) is 0. The second-order valence-electron chi connectivity index (χ2n) is 5.18. The Labute approximate surface area is 160 Å². The maximum absolute atomic E-state index is 13.8. The number of rotatable bonds is 3. The SMILES string of the molecule is O=C1S/C(=C\c2cc(Cl)cc(Br)c2O)C(=O)N1Cc1ccccc1F. The van der Waals surface area contributed by atoms with E-state index in [1.54, 1.807) is 6.07 Å². The number of halogens is 3. The number of nitrogens with zero attached hydrogens (tertiary/aromatic N) is 1. The van der Waals surface area contributed by atoms with Crippen LogP contribution in [0.15, 0.2) is 45.8 Å². The molecule has 0 atom stereocenters. The van der Waals surface area contributed by atoms with Crippen LogP contribution in [0.2, 0.25) is 5.02 Å². The van der Waals surface area contributed by atoms with Gasteiger partial charge in [0, 0.05) is 16.1 Å². The molecule has 0 radical (unpaired) electrons. The van der Waals surface area contributed by atoms with Gasteiger partial charge in [0.15, 0.2) is 0 Å². The Hall–Kier alpha value is -1.83. The molecule has 0 saturated carbocycles. The molecule has 1 N–H and O–H groups in total. The number of imide groups is 1. The zero-order valence-electron chi connectivity index (χ0n) is 12.5. The average molecular weight is 443 g/mol. The lowest BCUT2D eigenvalue weighted by molar-refractivity contribution is -0.123. The number of hydrogen-bond acceptors (Lipinski definition) is 4. The number of hydrogen-bond donors (Lipinski definition) is 1. The van der Waals surface area contributed by atoms with Gasteiger partial charge < -0.3 is 5.11 Å². The van der Waals surface area contributed by atoms with E-state index in [9.17, 15) is 19.1 Å².